The van der Waals surface area contributed by atoms with Crippen LogP contribution in [0.3, 0.4) is 0 Å². The molecule has 0 unspecified atom stereocenters. The first-order chi connectivity index (χ1) is 7.14. The molecule has 1 aliphatic carbocycles. The Balaban J connectivity index is 2.20. The molecule has 0 radical (unpaired) electrons. The number of anilines is 2. The second-order valence-electron chi connectivity index (χ2n) is 4.49. The summed E-state index contributed by atoms with van der Waals surface area (Å²) in [7, 11) is 1.88. The van der Waals surface area contributed by atoms with Crippen LogP contribution in [0.5, 0.6) is 0 Å². The van der Waals surface area contributed by atoms with E-state index in [-0.39, 0.29) is 5.54 Å². The molecule has 0 amide bonds. The van der Waals surface area contributed by atoms with E-state index in [1.54, 1.807) is 6.33 Å². The largest absolute Gasteiger partial charge is 0.373 e. The number of aromatic nitrogens is 2. The Morgan fingerprint density at radius 1 is 1.27 bits per heavy atom. The molecule has 0 aliphatic heterocycles. The summed E-state index contributed by atoms with van der Waals surface area (Å²) in [6.45, 7) is 4.29. The minimum Gasteiger partial charge on any atom is -0.373 e. The van der Waals surface area contributed by atoms with Crippen molar-refractivity contribution in [1.82, 2.24) is 9.97 Å². The minimum atomic E-state index is 0.240. The summed E-state index contributed by atoms with van der Waals surface area (Å²) in [4.78, 5) is 8.46. The van der Waals surface area contributed by atoms with E-state index >= 15 is 0 Å². The van der Waals surface area contributed by atoms with Crippen molar-refractivity contribution in [3.8, 4) is 0 Å². The van der Waals surface area contributed by atoms with E-state index in [4.69, 9.17) is 0 Å². The van der Waals surface area contributed by atoms with Crippen molar-refractivity contribution in [2.24, 2.45) is 0 Å². The average molecular weight is 206 g/mol. The topological polar surface area (TPSA) is 49.8 Å². The average Bonchev–Trinajstić information content (AvgIpc) is 2.19. The van der Waals surface area contributed by atoms with Gasteiger partial charge >= 0.3 is 0 Å². The van der Waals surface area contributed by atoms with Gasteiger partial charge in [0.05, 0.1) is 0 Å². The molecule has 1 fully saturated rings. The molecular formula is C11H18N4. The van der Waals surface area contributed by atoms with Gasteiger partial charge in [-0.15, -0.1) is 0 Å². The molecule has 82 valence electrons. The Bertz CT molecular complexity index is 358. The van der Waals surface area contributed by atoms with Crippen molar-refractivity contribution in [3.63, 3.8) is 0 Å². The molecule has 1 heterocycles. The quantitative estimate of drug-likeness (QED) is 0.796. The smallest absolute Gasteiger partial charge is 0.134 e. The molecule has 1 aromatic heterocycles. The molecule has 0 spiro atoms. The van der Waals surface area contributed by atoms with Crippen LogP contribution < -0.4 is 10.6 Å². The van der Waals surface area contributed by atoms with Crippen LogP contribution >= 0.6 is 0 Å². The van der Waals surface area contributed by atoms with Crippen LogP contribution in [0.1, 0.15) is 31.7 Å². The first-order valence-electron chi connectivity index (χ1n) is 5.42. The third kappa shape index (κ3) is 1.89. The van der Waals surface area contributed by atoms with Gasteiger partial charge in [0.15, 0.2) is 0 Å². The summed E-state index contributed by atoms with van der Waals surface area (Å²) in [5, 5.41) is 6.57. The third-order valence-electron chi connectivity index (χ3n) is 3.20. The Morgan fingerprint density at radius 3 is 2.47 bits per heavy atom. The summed E-state index contributed by atoms with van der Waals surface area (Å²) in [5.74, 6) is 1.85. The number of rotatable bonds is 3. The lowest BCUT2D eigenvalue weighted by Crippen LogP contribution is -2.42. The predicted molar refractivity (Wildman–Crippen MR) is 62.2 cm³/mol. The summed E-state index contributed by atoms with van der Waals surface area (Å²) in [6, 6.07) is 0. The lowest BCUT2D eigenvalue weighted by molar-refractivity contribution is 0.305. The molecule has 0 saturated heterocycles. The zero-order chi connectivity index (χ0) is 10.9. The molecule has 2 rings (SSSR count). The summed E-state index contributed by atoms with van der Waals surface area (Å²) >= 11 is 0. The molecule has 0 bridgehead atoms. The van der Waals surface area contributed by atoms with Crippen molar-refractivity contribution in [1.29, 1.82) is 0 Å². The van der Waals surface area contributed by atoms with Crippen molar-refractivity contribution in [3.05, 3.63) is 11.9 Å². The van der Waals surface area contributed by atoms with Gasteiger partial charge in [-0.1, -0.05) is 0 Å². The highest BCUT2D eigenvalue weighted by Crippen LogP contribution is 2.35. The number of nitrogens with zero attached hydrogens (tertiary/aromatic N) is 2. The normalized spacial score (nSPS) is 18.1. The lowest BCUT2D eigenvalue weighted by Gasteiger charge is -2.40. The van der Waals surface area contributed by atoms with Gasteiger partial charge in [-0.05, 0) is 33.1 Å². The maximum absolute atomic E-state index is 4.29. The van der Waals surface area contributed by atoms with E-state index in [1.807, 2.05) is 14.0 Å². The summed E-state index contributed by atoms with van der Waals surface area (Å²) in [6.07, 6.45) is 5.37. The summed E-state index contributed by atoms with van der Waals surface area (Å²) < 4.78 is 0. The maximum Gasteiger partial charge on any atom is 0.134 e. The van der Waals surface area contributed by atoms with Crippen molar-refractivity contribution in [2.45, 2.75) is 38.6 Å². The van der Waals surface area contributed by atoms with E-state index < -0.39 is 0 Å². The van der Waals surface area contributed by atoms with Gasteiger partial charge in [-0.25, -0.2) is 9.97 Å². The second-order valence-corrected chi connectivity index (χ2v) is 4.49. The van der Waals surface area contributed by atoms with Crippen LogP contribution in [0.15, 0.2) is 6.33 Å². The maximum atomic E-state index is 4.29. The van der Waals surface area contributed by atoms with E-state index in [0.717, 1.165) is 17.2 Å². The molecule has 0 aromatic carbocycles. The fourth-order valence-corrected chi connectivity index (χ4v) is 1.95. The Labute approximate surface area is 90.5 Å². The molecule has 0 atom stereocenters. The molecule has 4 nitrogen and oxygen atoms in total. The molecule has 1 aliphatic rings. The summed E-state index contributed by atoms with van der Waals surface area (Å²) in [5.41, 5.74) is 1.33. The number of hydrogen-bond donors (Lipinski definition) is 2. The van der Waals surface area contributed by atoms with E-state index in [9.17, 15) is 0 Å². The molecule has 15 heavy (non-hydrogen) atoms. The molecule has 4 heteroatoms. The van der Waals surface area contributed by atoms with Crippen molar-refractivity contribution in [2.75, 3.05) is 17.7 Å². The monoisotopic (exact) mass is 206 g/mol. The first kappa shape index (κ1) is 10.2. The molecular weight excluding hydrogens is 188 g/mol. The van der Waals surface area contributed by atoms with Crippen LogP contribution in [-0.4, -0.2) is 22.6 Å². The SMILES string of the molecule is CNc1ncnc(NC2(C)CCC2)c1C. The van der Waals surface area contributed by atoms with Gasteiger partial charge in [0.1, 0.15) is 18.0 Å². The predicted octanol–water partition coefficient (Wildman–Crippen LogP) is 2.18. The van der Waals surface area contributed by atoms with Crippen LogP contribution in [-0.2, 0) is 0 Å². The zero-order valence-corrected chi connectivity index (χ0v) is 9.59. The Kier molecular flexibility index (Phi) is 2.50. The van der Waals surface area contributed by atoms with E-state index in [1.165, 1.54) is 19.3 Å². The highest BCUT2D eigenvalue weighted by Gasteiger charge is 2.32. The van der Waals surface area contributed by atoms with E-state index in [2.05, 4.69) is 27.5 Å². The van der Waals surface area contributed by atoms with Gasteiger partial charge in [0, 0.05) is 18.2 Å². The first-order valence-corrected chi connectivity index (χ1v) is 5.42. The van der Waals surface area contributed by atoms with Crippen molar-refractivity contribution < 1.29 is 0 Å². The molecule has 1 saturated carbocycles. The number of nitrogens with one attached hydrogen (secondary N) is 2. The van der Waals surface area contributed by atoms with Gasteiger partial charge in [0.25, 0.3) is 0 Å². The molecule has 2 N–H and O–H groups in total. The van der Waals surface area contributed by atoms with Gasteiger partial charge in [-0.3, -0.25) is 0 Å². The fourth-order valence-electron chi connectivity index (χ4n) is 1.95. The third-order valence-corrected chi connectivity index (χ3v) is 3.20. The van der Waals surface area contributed by atoms with Crippen molar-refractivity contribution >= 4 is 11.6 Å². The van der Waals surface area contributed by atoms with Gasteiger partial charge < -0.3 is 10.6 Å². The fraction of sp³-hybridized carbons (Fsp3) is 0.636. The second kappa shape index (κ2) is 3.68. The highest BCUT2D eigenvalue weighted by molar-refractivity contribution is 5.57. The molecule has 1 aromatic rings. The highest BCUT2D eigenvalue weighted by atomic mass is 15.1. The Morgan fingerprint density at radius 2 is 1.93 bits per heavy atom. The van der Waals surface area contributed by atoms with Crippen LogP contribution in [0, 0.1) is 6.92 Å². The van der Waals surface area contributed by atoms with Crippen LogP contribution in [0.25, 0.3) is 0 Å². The van der Waals surface area contributed by atoms with Crippen LogP contribution in [0.2, 0.25) is 0 Å². The van der Waals surface area contributed by atoms with Gasteiger partial charge in [0.2, 0.25) is 0 Å². The van der Waals surface area contributed by atoms with Crippen LogP contribution in [0.4, 0.5) is 11.6 Å². The Hall–Kier alpha value is -1.32. The standard InChI is InChI=1S/C11H18N4/c1-8-9(12-3)13-7-14-10(8)15-11(2)5-4-6-11/h7H,4-6H2,1-3H3,(H2,12,13,14,15). The lowest BCUT2D eigenvalue weighted by atomic mass is 9.78. The number of hydrogen-bond acceptors (Lipinski definition) is 4. The van der Waals surface area contributed by atoms with Gasteiger partial charge in [-0.2, -0.15) is 0 Å². The zero-order valence-electron chi connectivity index (χ0n) is 9.59. The van der Waals surface area contributed by atoms with E-state index in [0.29, 0.717) is 0 Å². The minimum absolute atomic E-state index is 0.240.